The largest absolute Gasteiger partial charge is 0.465 e. The van der Waals surface area contributed by atoms with Crippen molar-refractivity contribution in [2.75, 3.05) is 24.7 Å². The fourth-order valence-electron chi connectivity index (χ4n) is 7.15. The molecule has 6 atom stereocenters. The number of likely N-dealkylation sites (tertiary alicyclic amines) is 1. The number of carbonyl (C=O) groups is 3. The molecule has 0 saturated carbocycles. The van der Waals surface area contributed by atoms with Crippen LogP contribution in [0.1, 0.15) is 57.1 Å². The highest BCUT2D eigenvalue weighted by molar-refractivity contribution is 6.05. The summed E-state index contributed by atoms with van der Waals surface area (Å²) in [5.74, 6) is -2.76. The highest BCUT2D eigenvalue weighted by Gasteiger charge is 2.79. The first kappa shape index (κ1) is 29.0. The number of aliphatic hydroxyl groups is 1. The molecular weight excluding hydrogens is 496 g/mol. The lowest BCUT2D eigenvalue weighted by Crippen LogP contribution is -2.58. The third kappa shape index (κ3) is 4.51. The van der Waals surface area contributed by atoms with Crippen LogP contribution < -0.4 is 4.90 Å². The maximum absolute atomic E-state index is 14.7. The van der Waals surface area contributed by atoms with E-state index in [0.717, 1.165) is 23.2 Å². The van der Waals surface area contributed by atoms with E-state index in [9.17, 15) is 19.5 Å². The lowest BCUT2D eigenvalue weighted by molar-refractivity contribution is -0.162. The summed E-state index contributed by atoms with van der Waals surface area (Å²) in [4.78, 5) is 45.6. The van der Waals surface area contributed by atoms with Gasteiger partial charge in [0.05, 0.1) is 30.8 Å². The second-order valence-corrected chi connectivity index (χ2v) is 11.2. The summed E-state index contributed by atoms with van der Waals surface area (Å²) in [5.41, 5.74) is 0.558. The van der Waals surface area contributed by atoms with E-state index >= 15 is 0 Å². The summed E-state index contributed by atoms with van der Waals surface area (Å²) in [6.45, 7) is 15.3. The zero-order valence-electron chi connectivity index (χ0n) is 23.7. The number of unbranched alkanes of at least 4 members (excludes halogenated alkanes) is 1. The lowest BCUT2D eigenvalue weighted by Gasteiger charge is -2.39. The smallest absolute Gasteiger partial charge is 0.312 e. The molecule has 1 aromatic rings. The Morgan fingerprint density at radius 1 is 1.26 bits per heavy atom. The van der Waals surface area contributed by atoms with E-state index < -0.39 is 41.1 Å². The molecule has 1 spiro atoms. The number of aliphatic hydroxyl groups excluding tert-OH is 1. The standard InChI is InChI=1S/C31H42N2O6/c1-7-10-11-18-38-29(37)24-23-27(35)33(22(6)19-34)26(31(23)16-15-30(24,9-3)39-31)28(36)32(17-8-2)25-20(4)13-12-14-21(25)5/h7-8,12-14,22-24,26,34H,1-2,9-11,15-19H2,3-6H3/t22-,23+,24+,26?,30-,31?/m1/s1. The summed E-state index contributed by atoms with van der Waals surface area (Å²) >= 11 is 0. The van der Waals surface area contributed by atoms with Crippen LogP contribution in [0.25, 0.3) is 0 Å². The molecule has 0 radical (unpaired) electrons. The van der Waals surface area contributed by atoms with Gasteiger partial charge in [-0.15, -0.1) is 13.2 Å². The Morgan fingerprint density at radius 3 is 2.54 bits per heavy atom. The zero-order chi connectivity index (χ0) is 28.5. The lowest BCUT2D eigenvalue weighted by atomic mass is 9.65. The van der Waals surface area contributed by atoms with Crippen molar-refractivity contribution in [3.05, 3.63) is 54.6 Å². The minimum absolute atomic E-state index is 0.230. The fourth-order valence-corrected chi connectivity index (χ4v) is 7.15. The van der Waals surface area contributed by atoms with Crippen LogP contribution in [-0.4, -0.2) is 70.8 Å². The third-order valence-electron chi connectivity index (χ3n) is 8.93. The predicted molar refractivity (Wildman–Crippen MR) is 149 cm³/mol. The van der Waals surface area contributed by atoms with Crippen LogP contribution in [0.5, 0.6) is 0 Å². The van der Waals surface area contributed by atoms with Crippen LogP contribution >= 0.6 is 0 Å². The van der Waals surface area contributed by atoms with Gasteiger partial charge in [-0.1, -0.05) is 37.3 Å². The van der Waals surface area contributed by atoms with Gasteiger partial charge in [0.1, 0.15) is 17.6 Å². The quantitative estimate of drug-likeness (QED) is 0.247. The number of nitrogens with zero attached hydrogens (tertiary/aromatic N) is 2. The van der Waals surface area contributed by atoms with Crippen molar-refractivity contribution in [1.29, 1.82) is 0 Å². The molecule has 8 heteroatoms. The Balaban J connectivity index is 1.81. The first-order valence-corrected chi connectivity index (χ1v) is 14.0. The number of anilines is 1. The number of carbonyl (C=O) groups excluding carboxylic acids is 3. The molecule has 1 aromatic carbocycles. The van der Waals surface area contributed by atoms with Crippen LogP contribution in [-0.2, 0) is 23.9 Å². The molecular formula is C31H42N2O6. The topological polar surface area (TPSA) is 96.4 Å². The molecule has 3 saturated heterocycles. The van der Waals surface area contributed by atoms with Gasteiger partial charge in [0.25, 0.3) is 5.91 Å². The molecule has 2 amide bonds. The molecule has 39 heavy (non-hydrogen) atoms. The molecule has 0 aromatic heterocycles. The second kappa shape index (κ2) is 11.3. The second-order valence-electron chi connectivity index (χ2n) is 11.2. The van der Waals surface area contributed by atoms with E-state index in [0.29, 0.717) is 25.7 Å². The summed E-state index contributed by atoms with van der Waals surface area (Å²) in [7, 11) is 0. The number of rotatable bonds is 12. The van der Waals surface area contributed by atoms with Crippen molar-refractivity contribution in [3.8, 4) is 0 Å². The van der Waals surface area contributed by atoms with Gasteiger partial charge < -0.3 is 24.4 Å². The molecule has 8 nitrogen and oxygen atoms in total. The Hall–Kier alpha value is -2.97. The van der Waals surface area contributed by atoms with Crippen LogP contribution in [0.3, 0.4) is 0 Å². The minimum atomic E-state index is -1.19. The molecule has 3 aliphatic rings. The Labute approximate surface area is 231 Å². The molecule has 1 N–H and O–H groups in total. The number of allylic oxidation sites excluding steroid dienone is 1. The molecule has 2 bridgehead atoms. The van der Waals surface area contributed by atoms with Crippen molar-refractivity contribution in [3.63, 3.8) is 0 Å². The summed E-state index contributed by atoms with van der Waals surface area (Å²) in [6.07, 6.45) is 6.34. The number of para-hydroxylation sites is 1. The van der Waals surface area contributed by atoms with E-state index in [1.165, 1.54) is 4.90 Å². The first-order valence-electron chi connectivity index (χ1n) is 14.0. The maximum Gasteiger partial charge on any atom is 0.312 e. The number of aryl methyl sites for hydroxylation is 2. The SMILES string of the molecule is C=CCCCOC(=O)[C@@H]1[C@H]2C(=O)N([C@H](C)CO)C(C(=O)N(CC=C)c3c(C)cccc3C)C23CC[C@@]1(CC)O3. The number of ether oxygens (including phenoxy) is 2. The van der Waals surface area contributed by atoms with Crippen LogP contribution in [0.4, 0.5) is 5.69 Å². The Morgan fingerprint density at radius 2 is 1.95 bits per heavy atom. The van der Waals surface area contributed by atoms with Gasteiger partial charge in [0.2, 0.25) is 5.91 Å². The van der Waals surface area contributed by atoms with Crippen LogP contribution in [0, 0.1) is 25.7 Å². The minimum Gasteiger partial charge on any atom is -0.465 e. The molecule has 4 rings (SSSR count). The predicted octanol–water partition coefficient (Wildman–Crippen LogP) is 3.87. The van der Waals surface area contributed by atoms with E-state index in [4.69, 9.17) is 9.47 Å². The average molecular weight is 539 g/mol. The van der Waals surface area contributed by atoms with Gasteiger partial charge >= 0.3 is 5.97 Å². The van der Waals surface area contributed by atoms with Crippen molar-refractivity contribution in [1.82, 2.24) is 4.90 Å². The van der Waals surface area contributed by atoms with Gasteiger partial charge in [-0.05, 0) is 64.0 Å². The first-order chi connectivity index (χ1) is 18.6. The van der Waals surface area contributed by atoms with E-state index in [2.05, 4.69) is 13.2 Å². The van der Waals surface area contributed by atoms with Gasteiger partial charge in [0, 0.05) is 12.2 Å². The third-order valence-corrected chi connectivity index (χ3v) is 8.93. The maximum atomic E-state index is 14.7. The Bertz CT molecular complexity index is 1130. The Kier molecular flexibility index (Phi) is 8.38. The van der Waals surface area contributed by atoms with Crippen LogP contribution in [0.2, 0.25) is 0 Å². The summed E-state index contributed by atoms with van der Waals surface area (Å²) in [5, 5.41) is 10.2. The fraction of sp³-hybridized carbons (Fsp3) is 0.581. The van der Waals surface area contributed by atoms with E-state index in [-0.39, 0.29) is 31.6 Å². The highest BCUT2D eigenvalue weighted by Crippen LogP contribution is 2.65. The number of esters is 1. The molecule has 2 unspecified atom stereocenters. The van der Waals surface area contributed by atoms with E-state index in [1.807, 2.05) is 39.0 Å². The number of benzene rings is 1. The zero-order valence-corrected chi connectivity index (χ0v) is 23.7. The molecule has 3 aliphatic heterocycles. The van der Waals surface area contributed by atoms with Gasteiger partial charge in [-0.25, -0.2) is 0 Å². The number of amides is 2. The number of hydrogen-bond donors (Lipinski definition) is 1. The number of fused-ring (bicyclic) bond motifs is 1. The van der Waals surface area contributed by atoms with Crippen molar-refractivity contribution >= 4 is 23.5 Å². The van der Waals surface area contributed by atoms with Gasteiger partial charge in [-0.3, -0.25) is 14.4 Å². The van der Waals surface area contributed by atoms with Crippen molar-refractivity contribution in [2.24, 2.45) is 11.8 Å². The number of hydrogen-bond acceptors (Lipinski definition) is 6. The highest BCUT2D eigenvalue weighted by atomic mass is 16.6. The monoisotopic (exact) mass is 538 g/mol. The van der Waals surface area contributed by atoms with E-state index in [1.54, 1.807) is 24.0 Å². The van der Waals surface area contributed by atoms with Crippen molar-refractivity contribution in [2.45, 2.75) is 83.1 Å². The molecule has 0 aliphatic carbocycles. The van der Waals surface area contributed by atoms with Crippen LogP contribution in [0.15, 0.2) is 43.5 Å². The summed E-state index contributed by atoms with van der Waals surface area (Å²) < 4.78 is 12.5. The van der Waals surface area contributed by atoms with Crippen molar-refractivity contribution < 1.29 is 29.0 Å². The van der Waals surface area contributed by atoms with Gasteiger partial charge in [-0.2, -0.15) is 0 Å². The average Bonchev–Trinajstić information content (AvgIpc) is 3.53. The van der Waals surface area contributed by atoms with Gasteiger partial charge in [0.15, 0.2) is 0 Å². The molecule has 212 valence electrons. The molecule has 3 fully saturated rings. The normalized spacial score (nSPS) is 29.7. The molecule has 3 heterocycles. The summed E-state index contributed by atoms with van der Waals surface area (Å²) in [6, 6.07) is 4.20.